The molecule has 1 aromatic carbocycles. The molecule has 0 radical (unpaired) electrons. The van der Waals surface area contributed by atoms with E-state index >= 15 is 0 Å². The molecule has 2 N–H and O–H groups in total. The summed E-state index contributed by atoms with van der Waals surface area (Å²) in [5.74, 6) is 1.76. The minimum absolute atomic E-state index is 0.545. The third-order valence-corrected chi connectivity index (χ3v) is 5.17. The number of hydrogen-bond acceptors (Lipinski definition) is 3. The van der Waals surface area contributed by atoms with Crippen molar-refractivity contribution in [1.29, 1.82) is 0 Å². The third-order valence-electron chi connectivity index (χ3n) is 4.11. The zero-order valence-electron chi connectivity index (χ0n) is 12.6. The van der Waals surface area contributed by atoms with Crippen molar-refractivity contribution < 1.29 is 4.74 Å². The molecule has 2 unspecified atom stereocenters. The van der Waals surface area contributed by atoms with Crippen molar-refractivity contribution in [3.05, 3.63) is 30.3 Å². The molecule has 21 heavy (non-hydrogen) atoms. The van der Waals surface area contributed by atoms with Gasteiger partial charge in [-0.3, -0.25) is 0 Å². The van der Waals surface area contributed by atoms with E-state index in [-0.39, 0.29) is 0 Å². The predicted molar refractivity (Wildman–Crippen MR) is 90.0 cm³/mol. The lowest BCUT2D eigenvalue weighted by Gasteiger charge is -2.23. The lowest BCUT2D eigenvalue weighted by Crippen LogP contribution is -2.39. The van der Waals surface area contributed by atoms with Gasteiger partial charge < -0.3 is 15.0 Å². The number of thioether (sulfide) groups is 1. The van der Waals surface area contributed by atoms with E-state index in [1.165, 1.54) is 28.8 Å². The summed E-state index contributed by atoms with van der Waals surface area (Å²) in [6, 6.07) is 11.3. The number of nitrogens with one attached hydrogen (secondary N) is 2. The average Bonchev–Trinajstić information content (AvgIpc) is 3.16. The normalized spacial score (nSPS) is 20.1. The number of benzene rings is 1. The number of aromatic amines is 1. The number of hydrogen-bond donors (Lipinski definition) is 2. The molecule has 3 nitrogen and oxygen atoms in total. The Morgan fingerprint density at radius 2 is 2.33 bits per heavy atom. The van der Waals surface area contributed by atoms with Crippen molar-refractivity contribution in [3.8, 4) is 0 Å². The summed E-state index contributed by atoms with van der Waals surface area (Å²) in [4.78, 5) is 3.50. The fourth-order valence-corrected chi connectivity index (χ4v) is 4.01. The van der Waals surface area contributed by atoms with Crippen LogP contribution >= 0.6 is 11.8 Å². The van der Waals surface area contributed by atoms with E-state index in [9.17, 15) is 0 Å². The zero-order chi connectivity index (χ0) is 14.5. The largest absolute Gasteiger partial charge is 0.381 e. The molecule has 3 rings (SSSR count). The predicted octanol–water partition coefficient (Wildman–Crippen LogP) is 3.66. The Kier molecular flexibility index (Phi) is 5.22. The molecule has 4 heteroatoms. The maximum absolute atomic E-state index is 5.56. The lowest BCUT2D eigenvalue weighted by molar-refractivity contribution is 0.179. The molecule has 0 aliphatic carbocycles. The van der Waals surface area contributed by atoms with Crippen LogP contribution < -0.4 is 5.32 Å². The van der Waals surface area contributed by atoms with Gasteiger partial charge in [0.05, 0.1) is 11.6 Å². The van der Waals surface area contributed by atoms with Crippen LogP contribution in [0.15, 0.2) is 35.4 Å². The molecule has 0 saturated carbocycles. The van der Waals surface area contributed by atoms with Gasteiger partial charge in [0.1, 0.15) is 0 Å². The Labute approximate surface area is 130 Å². The Morgan fingerprint density at radius 1 is 1.43 bits per heavy atom. The van der Waals surface area contributed by atoms with Gasteiger partial charge in [-0.25, -0.2) is 0 Å². The number of H-pyrrole nitrogens is 1. The standard InChI is InChI=1S/C17H24N2OS/c1-2-8-18-16(14-7-9-20-11-14)12-21-17-10-13-5-3-4-6-15(13)19-17/h3-6,10,14,16,18-19H,2,7-9,11-12H2,1H3. The van der Waals surface area contributed by atoms with Crippen LogP contribution in [0, 0.1) is 5.92 Å². The van der Waals surface area contributed by atoms with Gasteiger partial charge in [0.2, 0.25) is 0 Å². The van der Waals surface area contributed by atoms with E-state index in [0.717, 1.165) is 25.5 Å². The molecule has 2 heterocycles. The van der Waals surface area contributed by atoms with E-state index < -0.39 is 0 Å². The van der Waals surface area contributed by atoms with Crippen molar-refractivity contribution in [3.63, 3.8) is 0 Å². The molecular weight excluding hydrogens is 280 g/mol. The molecular formula is C17H24N2OS. The smallest absolute Gasteiger partial charge is 0.0733 e. The molecule has 2 atom stereocenters. The summed E-state index contributed by atoms with van der Waals surface area (Å²) in [6.45, 7) is 5.15. The maximum atomic E-state index is 5.56. The highest BCUT2D eigenvalue weighted by atomic mass is 32.2. The number of para-hydroxylation sites is 1. The van der Waals surface area contributed by atoms with Crippen LogP contribution in [0.5, 0.6) is 0 Å². The molecule has 0 bridgehead atoms. The highest BCUT2D eigenvalue weighted by molar-refractivity contribution is 7.99. The second kappa shape index (κ2) is 7.34. The van der Waals surface area contributed by atoms with Crippen LogP contribution in [0.4, 0.5) is 0 Å². The van der Waals surface area contributed by atoms with Gasteiger partial charge in [-0.2, -0.15) is 0 Å². The van der Waals surface area contributed by atoms with Crippen LogP contribution in [0.1, 0.15) is 19.8 Å². The van der Waals surface area contributed by atoms with Gasteiger partial charge in [-0.05, 0) is 31.5 Å². The minimum Gasteiger partial charge on any atom is -0.381 e. The molecule has 1 saturated heterocycles. The third kappa shape index (κ3) is 3.82. The summed E-state index contributed by atoms with van der Waals surface area (Å²) >= 11 is 1.92. The summed E-state index contributed by atoms with van der Waals surface area (Å²) in [5, 5.41) is 6.26. The first-order chi connectivity index (χ1) is 10.4. The van der Waals surface area contributed by atoms with Crippen LogP contribution in [0.2, 0.25) is 0 Å². The molecule has 1 fully saturated rings. The van der Waals surface area contributed by atoms with Crippen LogP contribution in [-0.2, 0) is 4.74 Å². The highest BCUT2D eigenvalue weighted by Crippen LogP contribution is 2.26. The van der Waals surface area contributed by atoms with Gasteiger partial charge >= 0.3 is 0 Å². The van der Waals surface area contributed by atoms with Crippen molar-refractivity contribution >= 4 is 22.7 Å². The molecule has 114 valence electrons. The van der Waals surface area contributed by atoms with E-state index in [1.54, 1.807) is 0 Å². The number of aromatic nitrogens is 1. The Morgan fingerprint density at radius 3 is 3.10 bits per heavy atom. The van der Waals surface area contributed by atoms with Crippen LogP contribution in [0.25, 0.3) is 10.9 Å². The van der Waals surface area contributed by atoms with Crippen molar-refractivity contribution in [2.45, 2.75) is 30.8 Å². The van der Waals surface area contributed by atoms with Crippen molar-refractivity contribution in [1.82, 2.24) is 10.3 Å². The van der Waals surface area contributed by atoms with Gasteiger partial charge in [0.15, 0.2) is 0 Å². The first-order valence-electron chi connectivity index (χ1n) is 7.88. The number of ether oxygens (including phenoxy) is 1. The Hall–Kier alpha value is -0.970. The van der Waals surface area contributed by atoms with Gasteiger partial charge in [0, 0.05) is 35.2 Å². The van der Waals surface area contributed by atoms with Crippen molar-refractivity contribution in [2.24, 2.45) is 5.92 Å². The van der Waals surface area contributed by atoms with E-state index in [1.807, 2.05) is 11.8 Å². The van der Waals surface area contributed by atoms with E-state index in [4.69, 9.17) is 4.74 Å². The second-order valence-electron chi connectivity index (χ2n) is 5.72. The summed E-state index contributed by atoms with van der Waals surface area (Å²) in [5.41, 5.74) is 1.22. The fourth-order valence-electron chi connectivity index (χ4n) is 2.87. The lowest BCUT2D eigenvalue weighted by atomic mass is 10.0. The second-order valence-corrected chi connectivity index (χ2v) is 6.78. The highest BCUT2D eigenvalue weighted by Gasteiger charge is 2.25. The first-order valence-corrected chi connectivity index (χ1v) is 8.87. The molecule has 1 aliphatic rings. The molecule has 0 spiro atoms. The molecule has 1 aliphatic heterocycles. The summed E-state index contributed by atoms with van der Waals surface area (Å²) in [6.07, 6.45) is 2.37. The van der Waals surface area contributed by atoms with Crippen LogP contribution in [0.3, 0.4) is 0 Å². The molecule has 2 aromatic rings. The topological polar surface area (TPSA) is 37.0 Å². The number of rotatable bonds is 7. The zero-order valence-corrected chi connectivity index (χ0v) is 13.4. The summed E-state index contributed by atoms with van der Waals surface area (Å²) < 4.78 is 5.56. The van der Waals surface area contributed by atoms with Gasteiger partial charge in [-0.15, -0.1) is 11.8 Å². The van der Waals surface area contributed by atoms with Crippen LogP contribution in [-0.4, -0.2) is 36.5 Å². The fraction of sp³-hybridized carbons (Fsp3) is 0.529. The van der Waals surface area contributed by atoms with Gasteiger partial charge in [-0.1, -0.05) is 25.1 Å². The average molecular weight is 304 g/mol. The quantitative estimate of drug-likeness (QED) is 0.767. The molecule has 1 aromatic heterocycles. The van der Waals surface area contributed by atoms with Gasteiger partial charge in [0.25, 0.3) is 0 Å². The SMILES string of the molecule is CCCNC(CSc1cc2ccccc2[nH]1)C1CCOC1. The number of fused-ring (bicyclic) bond motifs is 1. The Bertz CT molecular complexity index is 530. The monoisotopic (exact) mass is 304 g/mol. The summed E-state index contributed by atoms with van der Waals surface area (Å²) in [7, 11) is 0. The van der Waals surface area contributed by atoms with Crippen molar-refractivity contribution in [2.75, 3.05) is 25.5 Å². The van der Waals surface area contributed by atoms with E-state index in [2.05, 4.69) is 47.6 Å². The van der Waals surface area contributed by atoms with E-state index in [0.29, 0.717) is 12.0 Å². The Balaban J connectivity index is 1.62. The first kappa shape index (κ1) is 14.9. The molecule has 0 amide bonds. The minimum atomic E-state index is 0.545. The maximum Gasteiger partial charge on any atom is 0.0733 e.